The highest BCUT2D eigenvalue weighted by Gasteiger charge is 2.11. The van der Waals surface area contributed by atoms with Gasteiger partial charge in [-0.05, 0) is 42.1 Å². The molecule has 0 saturated heterocycles. The minimum Gasteiger partial charge on any atom is -0.349 e. The lowest BCUT2D eigenvalue weighted by atomic mass is 10.1. The van der Waals surface area contributed by atoms with Crippen molar-refractivity contribution in [3.05, 3.63) is 70.4 Å². The van der Waals surface area contributed by atoms with Crippen LogP contribution in [0.15, 0.2) is 54.4 Å². The summed E-state index contributed by atoms with van der Waals surface area (Å²) in [5.74, 6) is -0.527. The maximum absolute atomic E-state index is 12.1. The molecule has 0 aliphatic heterocycles. The van der Waals surface area contributed by atoms with Crippen LogP contribution in [0.4, 0.5) is 5.69 Å². The molecule has 118 valence electrons. The van der Waals surface area contributed by atoms with Gasteiger partial charge in [0.25, 0.3) is 5.91 Å². The fourth-order valence-corrected chi connectivity index (χ4v) is 2.75. The number of carbonyl (C=O) groups excluding carboxylic acids is 2. The van der Waals surface area contributed by atoms with Gasteiger partial charge in [0.1, 0.15) is 0 Å². The van der Waals surface area contributed by atoms with Crippen molar-refractivity contribution in [2.45, 2.75) is 6.92 Å². The number of amides is 2. The summed E-state index contributed by atoms with van der Waals surface area (Å²) in [6.07, 6.45) is 4.85. The number of hydrogen-bond donors (Lipinski definition) is 2. The fourth-order valence-electron chi connectivity index (χ4n) is 1.93. The molecule has 0 saturated carbocycles. The van der Waals surface area contributed by atoms with E-state index in [0.29, 0.717) is 17.8 Å². The summed E-state index contributed by atoms with van der Waals surface area (Å²) in [6, 6.07) is 8.89. The van der Waals surface area contributed by atoms with Crippen molar-refractivity contribution >= 4 is 34.9 Å². The Morgan fingerprint density at radius 1 is 1.26 bits per heavy atom. The van der Waals surface area contributed by atoms with Gasteiger partial charge in [0.2, 0.25) is 5.91 Å². The largest absolute Gasteiger partial charge is 0.349 e. The Hall–Kier alpha value is -2.66. The first-order chi connectivity index (χ1) is 11.1. The second-order valence-electron chi connectivity index (χ2n) is 4.83. The van der Waals surface area contributed by atoms with Crippen molar-refractivity contribution in [2.24, 2.45) is 0 Å². The molecule has 1 heterocycles. The van der Waals surface area contributed by atoms with E-state index in [1.807, 2.05) is 18.4 Å². The number of nitrogens with one attached hydrogen (secondary N) is 2. The van der Waals surface area contributed by atoms with E-state index in [-0.39, 0.29) is 11.8 Å². The Morgan fingerprint density at radius 3 is 2.74 bits per heavy atom. The molecule has 2 amide bonds. The van der Waals surface area contributed by atoms with Crippen molar-refractivity contribution in [1.29, 1.82) is 0 Å². The molecular formula is C18H18N2O2S. The summed E-state index contributed by atoms with van der Waals surface area (Å²) in [5.41, 5.74) is 2.03. The van der Waals surface area contributed by atoms with E-state index < -0.39 is 0 Å². The van der Waals surface area contributed by atoms with Crippen LogP contribution in [0.1, 0.15) is 20.8 Å². The summed E-state index contributed by atoms with van der Waals surface area (Å²) in [4.78, 5) is 25.2. The molecule has 0 unspecified atom stereocenters. The molecule has 2 aromatic rings. The Balaban J connectivity index is 2.09. The first-order valence-electron chi connectivity index (χ1n) is 7.13. The van der Waals surface area contributed by atoms with Gasteiger partial charge in [-0.25, -0.2) is 0 Å². The quantitative estimate of drug-likeness (QED) is 0.629. The van der Waals surface area contributed by atoms with Crippen molar-refractivity contribution in [1.82, 2.24) is 5.32 Å². The zero-order chi connectivity index (χ0) is 16.7. The maximum atomic E-state index is 12.1. The molecule has 5 heteroatoms. The van der Waals surface area contributed by atoms with Gasteiger partial charge in [0.15, 0.2) is 0 Å². The highest BCUT2D eigenvalue weighted by atomic mass is 32.1. The lowest BCUT2D eigenvalue weighted by Gasteiger charge is -2.09. The number of thiophene rings is 1. The zero-order valence-corrected chi connectivity index (χ0v) is 13.7. The number of para-hydroxylation sites is 1. The minimum atomic E-state index is -0.276. The molecule has 0 bridgehead atoms. The Labute approximate surface area is 139 Å². The number of carbonyl (C=O) groups is 2. The van der Waals surface area contributed by atoms with E-state index in [4.69, 9.17) is 0 Å². The molecule has 1 aromatic heterocycles. The van der Waals surface area contributed by atoms with E-state index in [0.717, 1.165) is 10.4 Å². The van der Waals surface area contributed by atoms with Crippen LogP contribution in [0, 0.1) is 6.92 Å². The van der Waals surface area contributed by atoms with Gasteiger partial charge in [-0.15, -0.1) is 17.9 Å². The average Bonchev–Trinajstić information content (AvgIpc) is 2.96. The van der Waals surface area contributed by atoms with Gasteiger partial charge in [0, 0.05) is 17.5 Å². The van der Waals surface area contributed by atoms with Gasteiger partial charge >= 0.3 is 0 Å². The van der Waals surface area contributed by atoms with Crippen molar-refractivity contribution in [3.63, 3.8) is 0 Å². The van der Waals surface area contributed by atoms with E-state index in [1.165, 1.54) is 6.08 Å². The fraction of sp³-hybridized carbons (Fsp3) is 0.111. The van der Waals surface area contributed by atoms with Crippen LogP contribution in [0.3, 0.4) is 0 Å². The van der Waals surface area contributed by atoms with Crippen LogP contribution < -0.4 is 10.6 Å². The summed E-state index contributed by atoms with van der Waals surface area (Å²) in [6.45, 7) is 5.93. The smallest absolute Gasteiger partial charge is 0.253 e. The number of aryl methyl sites for hydroxylation is 1. The SMILES string of the molecule is C=CCNC(=O)c1ccccc1NC(=O)/C=C/c1sccc1C. The molecule has 4 nitrogen and oxygen atoms in total. The molecule has 2 rings (SSSR count). The third-order valence-electron chi connectivity index (χ3n) is 3.12. The minimum absolute atomic E-state index is 0.251. The topological polar surface area (TPSA) is 58.2 Å². The monoisotopic (exact) mass is 326 g/mol. The number of rotatable bonds is 6. The molecule has 0 spiro atoms. The van der Waals surface area contributed by atoms with E-state index >= 15 is 0 Å². The molecule has 0 radical (unpaired) electrons. The number of benzene rings is 1. The Bertz CT molecular complexity index is 747. The molecule has 23 heavy (non-hydrogen) atoms. The summed E-state index contributed by atoms with van der Waals surface area (Å²) in [5, 5.41) is 7.42. The maximum Gasteiger partial charge on any atom is 0.253 e. The highest BCUT2D eigenvalue weighted by molar-refractivity contribution is 7.11. The van der Waals surface area contributed by atoms with Gasteiger partial charge < -0.3 is 10.6 Å². The molecule has 0 aliphatic rings. The molecular weight excluding hydrogens is 308 g/mol. The standard InChI is InChI=1S/C18H18N2O2S/c1-3-11-19-18(22)14-6-4-5-7-15(14)20-17(21)9-8-16-13(2)10-12-23-16/h3-10,12H,1,11H2,2H3,(H,19,22)(H,20,21)/b9-8+. The van der Waals surface area contributed by atoms with Gasteiger partial charge in [0.05, 0.1) is 11.3 Å². The van der Waals surface area contributed by atoms with Crippen molar-refractivity contribution in [2.75, 3.05) is 11.9 Å². The zero-order valence-electron chi connectivity index (χ0n) is 12.8. The van der Waals surface area contributed by atoms with Crippen LogP contribution in [0.2, 0.25) is 0 Å². The second-order valence-corrected chi connectivity index (χ2v) is 5.78. The van der Waals surface area contributed by atoms with Gasteiger partial charge in [-0.2, -0.15) is 0 Å². The Kier molecular flexibility index (Phi) is 5.88. The summed E-state index contributed by atoms with van der Waals surface area (Å²) < 4.78 is 0. The molecule has 1 aromatic carbocycles. The third-order valence-corrected chi connectivity index (χ3v) is 4.11. The molecule has 0 aliphatic carbocycles. The molecule has 0 atom stereocenters. The first-order valence-corrected chi connectivity index (χ1v) is 8.01. The van der Waals surface area contributed by atoms with E-state index in [1.54, 1.807) is 47.8 Å². The van der Waals surface area contributed by atoms with Crippen LogP contribution in [-0.4, -0.2) is 18.4 Å². The van der Waals surface area contributed by atoms with Crippen molar-refractivity contribution in [3.8, 4) is 0 Å². The Morgan fingerprint density at radius 2 is 2.04 bits per heavy atom. The normalized spacial score (nSPS) is 10.5. The highest BCUT2D eigenvalue weighted by Crippen LogP contribution is 2.18. The van der Waals surface area contributed by atoms with Gasteiger partial charge in [-0.1, -0.05) is 18.2 Å². The lowest BCUT2D eigenvalue weighted by Crippen LogP contribution is -2.24. The van der Waals surface area contributed by atoms with Crippen LogP contribution in [0.5, 0.6) is 0 Å². The van der Waals surface area contributed by atoms with Crippen LogP contribution in [0.25, 0.3) is 6.08 Å². The first kappa shape index (κ1) is 16.7. The summed E-state index contributed by atoms with van der Waals surface area (Å²) >= 11 is 1.57. The lowest BCUT2D eigenvalue weighted by molar-refractivity contribution is -0.111. The summed E-state index contributed by atoms with van der Waals surface area (Å²) in [7, 11) is 0. The van der Waals surface area contributed by atoms with Crippen molar-refractivity contribution < 1.29 is 9.59 Å². The third kappa shape index (κ3) is 4.66. The number of hydrogen-bond acceptors (Lipinski definition) is 3. The second kappa shape index (κ2) is 8.10. The molecule has 0 fully saturated rings. The predicted molar refractivity (Wildman–Crippen MR) is 95.7 cm³/mol. The van der Waals surface area contributed by atoms with Crippen LogP contribution in [-0.2, 0) is 4.79 Å². The van der Waals surface area contributed by atoms with E-state index in [2.05, 4.69) is 17.2 Å². The van der Waals surface area contributed by atoms with Crippen LogP contribution >= 0.6 is 11.3 Å². The number of anilines is 1. The van der Waals surface area contributed by atoms with E-state index in [9.17, 15) is 9.59 Å². The predicted octanol–water partition coefficient (Wildman–Crippen LogP) is 3.62. The average molecular weight is 326 g/mol. The molecule has 2 N–H and O–H groups in total. The van der Waals surface area contributed by atoms with Gasteiger partial charge in [-0.3, -0.25) is 9.59 Å².